The number of aryl methyl sites for hydroxylation is 2. The zero-order valence-corrected chi connectivity index (χ0v) is 14.9. The Morgan fingerprint density at radius 1 is 1.35 bits per heavy atom. The molecule has 2 rings (SSSR count). The van der Waals surface area contributed by atoms with Gasteiger partial charge in [0.2, 0.25) is 5.13 Å². The first-order valence-electron chi connectivity index (χ1n) is 7.85. The summed E-state index contributed by atoms with van der Waals surface area (Å²) in [4.78, 5) is 11.9. The lowest BCUT2D eigenvalue weighted by Gasteiger charge is -2.12. The summed E-state index contributed by atoms with van der Waals surface area (Å²) in [5.41, 5.74) is 2.46. The Kier molecular flexibility index (Phi) is 6.10. The maximum absolute atomic E-state index is 11.9. The minimum atomic E-state index is -0.227. The van der Waals surface area contributed by atoms with Crippen LogP contribution in [0, 0.1) is 6.92 Å². The summed E-state index contributed by atoms with van der Waals surface area (Å²) in [5, 5.41) is 12.2. The van der Waals surface area contributed by atoms with Crippen molar-refractivity contribution < 1.29 is 9.53 Å². The standard InChI is InChI=1S/C17H23N3O2S/c1-5-6-16-19-20-17(23-16)18-15(21)10-22-13-7-8-14(11(2)3)12(4)9-13/h7-9,11H,5-6,10H2,1-4H3,(H,18,20,21). The average molecular weight is 333 g/mol. The lowest BCUT2D eigenvalue weighted by Crippen LogP contribution is -2.20. The van der Waals surface area contributed by atoms with E-state index in [2.05, 4.69) is 49.3 Å². The number of hydrogen-bond acceptors (Lipinski definition) is 5. The highest BCUT2D eigenvalue weighted by Gasteiger charge is 2.10. The van der Waals surface area contributed by atoms with Gasteiger partial charge in [0.25, 0.3) is 5.91 Å². The topological polar surface area (TPSA) is 64.1 Å². The quantitative estimate of drug-likeness (QED) is 0.833. The molecule has 0 bridgehead atoms. The number of ether oxygens (including phenoxy) is 1. The summed E-state index contributed by atoms with van der Waals surface area (Å²) < 4.78 is 5.55. The zero-order chi connectivity index (χ0) is 16.8. The normalized spacial score (nSPS) is 10.8. The zero-order valence-electron chi connectivity index (χ0n) is 14.0. The van der Waals surface area contributed by atoms with Gasteiger partial charge in [-0.05, 0) is 42.5 Å². The molecule has 1 N–H and O–H groups in total. The highest BCUT2D eigenvalue weighted by atomic mass is 32.1. The number of nitrogens with zero attached hydrogens (tertiary/aromatic N) is 2. The molecule has 0 radical (unpaired) electrons. The van der Waals surface area contributed by atoms with Gasteiger partial charge in [-0.3, -0.25) is 10.1 Å². The number of rotatable bonds is 7. The predicted octanol–water partition coefficient (Wildman–Crippen LogP) is 3.94. The summed E-state index contributed by atoms with van der Waals surface area (Å²) in [7, 11) is 0. The molecular weight excluding hydrogens is 310 g/mol. The van der Waals surface area contributed by atoms with Crippen LogP contribution in [0.4, 0.5) is 5.13 Å². The number of carbonyl (C=O) groups excluding carboxylic acids is 1. The van der Waals surface area contributed by atoms with Crippen molar-refractivity contribution in [3.05, 3.63) is 34.3 Å². The Labute approximate surface area is 141 Å². The first-order valence-corrected chi connectivity index (χ1v) is 8.66. The summed E-state index contributed by atoms with van der Waals surface area (Å²) in [6.45, 7) is 8.41. The van der Waals surface area contributed by atoms with E-state index in [1.54, 1.807) is 0 Å². The van der Waals surface area contributed by atoms with E-state index in [-0.39, 0.29) is 12.5 Å². The van der Waals surface area contributed by atoms with Gasteiger partial charge in [0.15, 0.2) is 6.61 Å². The van der Waals surface area contributed by atoms with Crippen LogP contribution in [0.3, 0.4) is 0 Å². The van der Waals surface area contributed by atoms with Gasteiger partial charge in [-0.25, -0.2) is 0 Å². The summed E-state index contributed by atoms with van der Waals surface area (Å²) in [6, 6.07) is 5.92. The number of hydrogen-bond donors (Lipinski definition) is 1. The van der Waals surface area contributed by atoms with Crippen LogP contribution < -0.4 is 10.1 Å². The molecule has 0 spiro atoms. The van der Waals surface area contributed by atoms with Crippen LogP contribution in [0.25, 0.3) is 0 Å². The molecule has 1 amide bonds. The molecule has 124 valence electrons. The average Bonchev–Trinajstić information content (AvgIpc) is 2.92. The van der Waals surface area contributed by atoms with Gasteiger partial charge in [0.05, 0.1) is 0 Å². The molecule has 1 aromatic carbocycles. The van der Waals surface area contributed by atoms with Gasteiger partial charge in [-0.2, -0.15) is 0 Å². The van der Waals surface area contributed by atoms with Crippen molar-refractivity contribution in [1.29, 1.82) is 0 Å². The molecule has 2 aromatic rings. The Balaban J connectivity index is 1.87. The van der Waals surface area contributed by atoms with E-state index in [4.69, 9.17) is 4.74 Å². The molecule has 0 unspecified atom stereocenters. The smallest absolute Gasteiger partial charge is 0.264 e. The highest BCUT2D eigenvalue weighted by Crippen LogP contribution is 2.23. The van der Waals surface area contributed by atoms with Crippen molar-refractivity contribution in [2.45, 2.75) is 46.5 Å². The summed E-state index contributed by atoms with van der Waals surface area (Å²) in [5.74, 6) is 0.947. The molecule has 0 saturated heterocycles. The van der Waals surface area contributed by atoms with Gasteiger partial charge >= 0.3 is 0 Å². The number of benzene rings is 1. The third-order valence-electron chi connectivity index (χ3n) is 3.41. The lowest BCUT2D eigenvalue weighted by molar-refractivity contribution is -0.118. The molecule has 0 aliphatic rings. The minimum absolute atomic E-state index is 0.0385. The molecule has 1 heterocycles. The minimum Gasteiger partial charge on any atom is -0.484 e. The number of amides is 1. The van der Waals surface area contributed by atoms with Crippen molar-refractivity contribution in [3.63, 3.8) is 0 Å². The maximum Gasteiger partial charge on any atom is 0.264 e. The van der Waals surface area contributed by atoms with Crippen LogP contribution in [0.2, 0.25) is 0 Å². The molecule has 5 nitrogen and oxygen atoms in total. The van der Waals surface area contributed by atoms with Crippen LogP contribution in [-0.2, 0) is 11.2 Å². The van der Waals surface area contributed by atoms with Gasteiger partial charge in [-0.1, -0.05) is 38.2 Å². The van der Waals surface area contributed by atoms with E-state index in [1.165, 1.54) is 22.5 Å². The second kappa shape index (κ2) is 8.06. The van der Waals surface area contributed by atoms with E-state index >= 15 is 0 Å². The fourth-order valence-corrected chi connectivity index (χ4v) is 3.17. The number of nitrogens with one attached hydrogen (secondary N) is 1. The number of carbonyl (C=O) groups is 1. The Hall–Kier alpha value is -1.95. The second-order valence-corrected chi connectivity index (χ2v) is 6.82. The molecule has 6 heteroatoms. The lowest BCUT2D eigenvalue weighted by atomic mass is 9.98. The fourth-order valence-electron chi connectivity index (χ4n) is 2.31. The van der Waals surface area contributed by atoms with E-state index in [0.29, 0.717) is 16.8 Å². The van der Waals surface area contributed by atoms with Crippen molar-refractivity contribution in [2.75, 3.05) is 11.9 Å². The van der Waals surface area contributed by atoms with Crippen molar-refractivity contribution in [1.82, 2.24) is 10.2 Å². The van der Waals surface area contributed by atoms with Crippen molar-refractivity contribution in [3.8, 4) is 5.75 Å². The fraction of sp³-hybridized carbons (Fsp3) is 0.471. The molecule has 0 aliphatic heterocycles. The number of aromatic nitrogens is 2. The molecular formula is C17H23N3O2S. The number of anilines is 1. The molecule has 23 heavy (non-hydrogen) atoms. The summed E-state index contributed by atoms with van der Waals surface area (Å²) in [6.07, 6.45) is 1.89. The van der Waals surface area contributed by atoms with Crippen LogP contribution in [0.5, 0.6) is 5.75 Å². The molecule has 0 saturated carbocycles. The predicted molar refractivity (Wildman–Crippen MR) is 93.3 cm³/mol. The third kappa shape index (κ3) is 5.03. The Morgan fingerprint density at radius 2 is 2.13 bits per heavy atom. The maximum atomic E-state index is 11.9. The highest BCUT2D eigenvalue weighted by molar-refractivity contribution is 7.15. The first kappa shape index (κ1) is 17.4. The van der Waals surface area contributed by atoms with Crippen LogP contribution >= 0.6 is 11.3 Å². The van der Waals surface area contributed by atoms with Crippen molar-refractivity contribution >= 4 is 22.4 Å². The van der Waals surface area contributed by atoms with E-state index in [9.17, 15) is 4.79 Å². The van der Waals surface area contributed by atoms with Gasteiger partial charge < -0.3 is 4.74 Å². The molecule has 1 aromatic heterocycles. The monoisotopic (exact) mass is 333 g/mol. The van der Waals surface area contributed by atoms with Gasteiger partial charge in [-0.15, -0.1) is 10.2 Å². The van der Waals surface area contributed by atoms with E-state index in [0.717, 1.165) is 17.8 Å². The Morgan fingerprint density at radius 3 is 2.78 bits per heavy atom. The van der Waals surface area contributed by atoms with Crippen LogP contribution in [0.15, 0.2) is 18.2 Å². The van der Waals surface area contributed by atoms with E-state index < -0.39 is 0 Å². The van der Waals surface area contributed by atoms with Gasteiger partial charge in [0.1, 0.15) is 10.8 Å². The molecule has 0 fully saturated rings. The van der Waals surface area contributed by atoms with Crippen LogP contribution in [0.1, 0.15) is 49.2 Å². The van der Waals surface area contributed by atoms with Crippen LogP contribution in [-0.4, -0.2) is 22.7 Å². The molecule has 0 atom stereocenters. The largest absolute Gasteiger partial charge is 0.484 e. The first-order chi connectivity index (χ1) is 11.0. The SMILES string of the molecule is CCCc1nnc(NC(=O)COc2ccc(C(C)C)c(C)c2)s1. The molecule has 0 aliphatic carbocycles. The second-order valence-electron chi connectivity index (χ2n) is 5.76. The van der Waals surface area contributed by atoms with Gasteiger partial charge in [0, 0.05) is 6.42 Å². The van der Waals surface area contributed by atoms with E-state index in [1.807, 2.05) is 12.1 Å². The van der Waals surface area contributed by atoms with Crippen molar-refractivity contribution in [2.24, 2.45) is 0 Å². The third-order valence-corrected chi connectivity index (χ3v) is 4.31. The Bertz CT molecular complexity index is 668. The summed E-state index contributed by atoms with van der Waals surface area (Å²) >= 11 is 1.41.